The van der Waals surface area contributed by atoms with Gasteiger partial charge in [0.25, 0.3) is 0 Å². The molecule has 1 fully saturated rings. The van der Waals surface area contributed by atoms with Crippen LogP contribution in [0.15, 0.2) is 0 Å². The van der Waals surface area contributed by atoms with E-state index in [1.54, 1.807) is 30.8 Å². The number of hydrogen-bond acceptors (Lipinski definition) is 6. The van der Waals surface area contributed by atoms with Gasteiger partial charge in [-0.15, -0.1) is 0 Å². The molecule has 2 rings (SSSR count). The number of nitrogens with zero attached hydrogens (tertiary/aromatic N) is 5. The van der Waals surface area contributed by atoms with E-state index in [0.717, 1.165) is 0 Å². The molecule has 0 saturated carbocycles. The lowest BCUT2D eigenvalue weighted by atomic mass is 9.96. The molecule has 9 heteroatoms. The zero-order chi connectivity index (χ0) is 16.5. The first kappa shape index (κ1) is 16.7. The van der Waals surface area contributed by atoms with Gasteiger partial charge in [-0.3, -0.25) is 4.90 Å². The molecule has 0 spiro atoms. The van der Waals surface area contributed by atoms with Crippen molar-refractivity contribution in [2.45, 2.75) is 32.0 Å². The minimum Gasteiger partial charge on any atom is -0.368 e. The summed E-state index contributed by atoms with van der Waals surface area (Å²) >= 11 is 0. The van der Waals surface area contributed by atoms with Gasteiger partial charge in [0, 0.05) is 20.6 Å². The lowest BCUT2D eigenvalue weighted by molar-refractivity contribution is -0.188. The molecule has 1 aromatic heterocycles. The molecular formula is C13H21F3N6. The van der Waals surface area contributed by atoms with E-state index in [4.69, 9.17) is 5.73 Å². The highest BCUT2D eigenvalue weighted by atomic mass is 19.4. The number of nitrogens with two attached hydrogens (primary N) is 1. The normalized spacial score (nSPS) is 21.6. The SMILES string of the molecule is CC(c1nc(N)nc(N(C)C)n1)N1CCCC(C(F)(F)F)C1. The van der Waals surface area contributed by atoms with Crippen LogP contribution in [0.4, 0.5) is 25.1 Å². The molecule has 1 aliphatic rings. The fraction of sp³-hybridized carbons (Fsp3) is 0.769. The lowest BCUT2D eigenvalue weighted by Crippen LogP contribution is -2.43. The van der Waals surface area contributed by atoms with Crippen molar-refractivity contribution in [2.75, 3.05) is 37.8 Å². The topological polar surface area (TPSA) is 71.2 Å². The van der Waals surface area contributed by atoms with Crippen molar-refractivity contribution in [3.05, 3.63) is 5.82 Å². The number of aromatic nitrogens is 3. The Bertz CT molecular complexity index is 519. The largest absolute Gasteiger partial charge is 0.393 e. The number of piperidine rings is 1. The number of halogens is 3. The predicted molar refractivity (Wildman–Crippen MR) is 77.3 cm³/mol. The number of rotatable bonds is 3. The second kappa shape index (κ2) is 6.23. The summed E-state index contributed by atoms with van der Waals surface area (Å²) in [4.78, 5) is 15.8. The highest BCUT2D eigenvalue weighted by Crippen LogP contribution is 2.35. The minimum atomic E-state index is -4.16. The first-order valence-corrected chi connectivity index (χ1v) is 7.18. The average Bonchev–Trinajstić information content (AvgIpc) is 2.45. The van der Waals surface area contributed by atoms with Crippen LogP contribution < -0.4 is 10.6 Å². The van der Waals surface area contributed by atoms with Crippen LogP contribution in [0.5, 0.6) is 0 Å². The van der Waals surface area contributed by atoms with Crippen molar-refractivity contribution in [1.82, 2.24) is 19.9 Å². The van der Waals surface area contributed by atoms with Gasteiger partial charge in [0.2, 0.25) is 11.9 Å². The van der Waals surface area contributed by atoms with Gasteiger partial charge in [0.05, 0.1) is 12.0 Å². The maximum absolute atomic E-state index is 12.9. The van der Waals surface area contributed by atoms with Gasteiger partial charge in [-0.2, -0.15) is 28.1 Å². The molecule has 124 valence electrons. The van der Waals surface area contributed by atoms with Gasteiger partial charge in [-0.25, -0.2) is 0 Å². The van der Waals surface area contributed by atoms with Gasteiger partial charge < -0.3 is 10.6 Å². The molecule has 1 aromatic rings. The summed E-state index contributed by atoms with van der Waals surface area (Å²) in [6.45, 7) is 2.36. The fourth-order valence-electron chi connectivity index (χ4n) is 2.57. The Labute approximate surface area is 127 Å². The summed E-state index contributed by atoms with van der Waals surface area (Å²) in [5, 5.41) is 0. The van der Waals surface area contributed by atoms with E-state index < -0.39 is 12.1 Å². The van der Waals surface area contributed by atoms with E-state index >= 15 is 0 Å². The summed E-state index contributed by atoms with van der Waals surface area (Å²) in [6, 6.07) is -0.339. The maximum atomic E-state index is 12.9. The molecule has 22 heavy (non-hydrogen) atoms. The zero-order valence-electron chi connectivity index (χ0n) is 12.9. The third kappa shape index (κ3) is 3.76. The van der Waals surface area contributed by atoms with Crippen LogP contribution in [-0.4, -0.2) is 53.2 Å². The Kier molecular flexibility index (Phi) is 4.74. The Balaban J connectivity index is 2.19. The van der Waals surface area contributed by atoms with Crippen LogP contribution in [0.3, 0.4) is 0 Å². The van der Waals surface area contributed by atoms with E-state index in [1.807, 2.05) is 0 Å². The van der Waals surface area contributed by atoms with Gasteiger partial charge in [-0.1, -0.05) is 0 Å². The quantitative estimate of drug-likeness (QED) is 0.917. The van der Waals surface area contributed by atoms with Crippen molar-refractivity contribution in [2.24, 2.45) is 5.92 Å². The van der Waals surface area contributed by atoms with Crippen molar-refractivity contribution in [3.63, 3.8) is 0 Å². The number of hydrogen-bond donors (Lipinski definition) is 1. The second-order valence-corrected chi connectivity index (χ2v) is 5.80. The lowest BCUT2D eigenvalue weighted by Gasteiger charge is -2.36. The molecule has 6 nitrogen and oxygen atoms in total. The molecule has 0 amide bonds. The molecular weight excluding hydrogens is 297 g/mol. The molecule has 2 atom stereocenters. The van der Waals surface area contributed by atoms with Gasteiger partial charge in [0.15, 0.2) is 5.82 Å². The molecule has 2 heterocycles. The van der Waals surface area contributed by atoms with Crippen LogP contribution in [0.1, 0.15) is 31.6 Å². The third-order valence-electron chi connectivity index (χ3n) is 3.90. The van der Waals surface area contributed by atoms with E-state index in [1.165, 1.54) is 0 Å². The van der Waals surface area contributed by atoms with Gasteiger partial charge in [-0.05, 0) is 26.3 Å². The number of anilines is 2. The molecule has 0 aromatic carbocycles. The van der Waals surface area contributed by atoms with Crippen molar-refractivity contribution in [1.29, 1.82) is 0 Å². The first-order chi connectivity index (χ1) is 10.2. The number of alkyl halides is 3. The van der Waals surface area contributed by atoms with Crippen LogP contribution in [0.2, 0.25) is 0 Å². The monoisotopic (exact) mass is 318 g/mol. The summed E-state index contributed by atoms with van der Waals surface area (Å²) in [5.74, 6) is -0.418. The van der Waals surface area contributed by atoms with E-state index in [9.17, 15) is 13.2 Å². The average molecular weight is 318 g/mol. The van der Waals surface area contributed by atoms with Crippen molar-refractivity contribution >= 4 is 11.9 Å². The molecule has 2 unspecified atom stereocenters. The van der Waals surface area contributed by atoms with Crippen LogP contribution in [-0.2, 0) is 0 Å². The van der Waals surface area contributed by atoms with Crippen molar-refractivity contribution < 1.29 is 13.2 Å². The fourth-order valence-corrected chi connectivity index (χ4v) is 2.57. The molecule has 0 radical (unpaired) electrons. The smallest absolute Gasteiger partial charge is 0.368 e. The molecule has 2 N–H and O–H groups in total. The van der Waals surface area contributed by atoms with Crippen LogP contribution in [0, 0.1) is 5.92 Å². The van der Waals surface area contributed by atoms with E-state index in [-0.39, 0.29) is 25.0 Å². The third-order valence-corrected chi connectivity index (χ3v) is 3.90. The molecule has 1 saturated heterocycles. The summed E-state index contributed by atoms with van der Waals surface area (Å²) in [6.07, 6.45) is -3.48. The predicted octanol–water partition coefficient (Wildman–Crippen LogP) is 1.86. The highest BCUT2D eigenvalue weighted by Gasteiger charge is 2.42. The van der Waals surface area contributed by atoms with Crippen molar-refractivity contribution in [3.8, 4) is 0 Å². The highest BCUT2D eigenvalue weighted by molar-refractivity contribution is 5.33. The molecule has 1 aliphatic heterocycles. The standard InChI is InChI=1S/C13H21F3N6/c1-8(10-18-11(17)20-12(19-10)21(2)3)22-6-4-5-9(7-22)13(14,15)16/h8-9H,4-7H2,1-3H3,(H2,17,18,19,20). The van der Waals surface area contributed by atoms with E-state index in [0.29, 0.717) is 24.7 Å². The summed E-state index contributed by atoms with van der Waals surface area (Å²) < 4.78 is 38.8. The number of likely N-dealkylation sites (tertiary alicyclic amines) is 1. The maximum Gasteiger partial charge on any atom is 0.393 e. The molecule has 0 aliphatic carbocycles. The first-order valence-electron chi connectivity index (χ1n) is 7.18. The Morgan fingerprint density at radius 1 is 1.27 bits per heavy atom. The Hall–Kier alpha value is -1.64. The minimum absolute atomic E-state index is 0.0342. The summed E-state index contributed by atoms with van der Waals surface area (Å²) in [5.41, 5.74) is 5.67. The number of nitrogen functional groups attached to an aromatic ring is 1. The van der Waals surface area contributed by atoms with Gasteiger partial charge in [0.1, 0.15) is 0 Å². The Morgan fingerprint density at radius 3 is 2.55 bits per heavy atom. The van der Waals surface area contributed by atoms with E-state index in [2.05, 4.69) is 15.0 Å². The second-order valence-electron chi connectivity index (χ2n) is 5.80. The van der Waals surface area contributed by atoms with Crippen LogP contribution in [0.25, 0.3) is 0 Å². The summed E-state index contributed by atoms with van der Waals surface area (Å²) in [7, 11) is 3.54. The Morgan fingerprint density at radius 2 is 1.95 bits per heavy atom. The van der Waals surface area contributed by atoms with Gasteiger partial charge >= 0.3 is 6.18 Å². The molecule has 0 bridgehead atoms. The zero-order valence-corrected chi connectivity index (χ0v) is 12.9. The van der Waals surface area contributed by atoms with Crippen LogP contribution >= 0.6 is 0 Å².